The number of aromatic nitrogens is 2. The summed E-state index contributed by atoms with van der Waals surface area (Å²) < 4.78 is 1.90. The van der Waals surface area contributed by atoms with Gasteiger partial charge in [0.15, 0.2) is 0 Å². The smallest absolute Gasteiger partial charge is 0.137 e. The van der Waals surface area contributed by atoms with Crippen LogP contribution in [0.3, 0.4) is 0 Å². The number of hydrogen-bond donors (Lipinski definition) is 2. The quantitative estimate of drug-likeness (QED) is 0.850. The second-order valence-corrected chi connectivity index (χ2v) is 3.93. The first kappa shape index (κ1) is 15.7. The van der Waals surface area contributed by atoms with E-state index in [1.807, 2.05) is 17.8 Å². The fourth-order valence-electron chi connectivity index (χ4n) is 2.03. The second kappa shape index (κ2) is 7.12. The van der Waals surface area contributed by atoms with Gasteiger partial charge in [-0.05, 0) is 31.8 Å². The van der Waals surface area contributed by atoms with Crippen LogP contribution in [0.5, 0.6) is 0 Å². The van der Waals surface area contributed by atoms with Gasteiger partial charge in [-0.25, -0.2) is 4.98 Å². The van der Waals surface area contributed by atoms with Gasteiger partial charge in [-0.2, -0.15) is 0 Å². The topological polar surface area (TPSA) is 50.1 Å². The number of hydrogen-bond acceptors (Lipinski definition) is 3. The Balaban J connectivity index is 0.00000112. The fourth-order valence-corrected chi connectivity index (χ4v) is 2.03. The maximum atomic E-state index is 10.1. The van der Waals surface area contributed by atoms with Crippen LogP contribution >= 0.6 is 24.8 Å². The van der Waals surface area contributed by atoms with E-state index < -0.39 is 6.10 Å². The van der Waals surface area contributed by atoms with E-state index in [0.717, 1.165) is 31.8 Å². The van der Waals surface area contributed by atoms with Gasteiger partial charge in [0, 0.05) is 19.4 Å². The summed E-state index contributed by atoms with van der Waals surface area (Å²) >= 11 is 0. The lowest BCUT2D eigenvalue weighted by atomic mass is 9.92. The lowest BCUT2D eigenvalue weighted by Gasteiger charge is -2.26. The average molecular weight is 268 g/mol. The van der Waals surface area contributed by atoms with E-state index in [9.17, 15) is 5.11 Å². The highest BCUT2D eigenvalue weighted by atomic mass is 35.5. The van der Waals surface area contributed by atoms with Gasteiger partial charge < -0.3 is 15.0 Å². The first-order valence-electron chi connectivity index (χ1n) is 5.15. The van der Waals surface area contributed by atoms with Crippen molar-refractivity contribution < 1.29 is 5.11 Å². The maximum absolute atomic E-state index is 10.1. The molecule has 1 fully saturated rings. The first-order valence-corrected chi connectivity index (χ1v) is 5.15. The molecule has 1 aliphatic rings. The number of aryl methyl sites for hydroxylation is 1. The normalized spacial score (nSPS) is 18.4. The summed E-state index contributed by atoms with van der Waals surface area (Å²) in [5.41, 5.74) is 0. The predicted octanol–water partition coefficient (Wildman–Crippen LogP) is 1.30. The highest BCUT2D eigenvalue weighted by Crippen LogP contribution is 2.27. The minimum atomic E-state index is -0.405. The third-order valence-electron chi connectivity index (χ3n) is 2.95. The van der Waals surface area contributed by atoms with Gasteiger partial charge in [-0.3, -0.25) is 0 Å². The van der Waals surface area contributed by atoms with Gasteiger partial charge in [-0.1, -0.05) is 0 Å². The molecule has 0 spiro atoms. The summed E-state index contributed by atoms with van der Waals surface area (Å²) in [4.78, 5) is 4.18. The van der Waals surface area contributed by atoms with Crippen molar-refractivity contribution in [3.63, 3.8) is 0 Å². The highest BCUT2D eigenvalue weighted by molar-refractivity contribution is 5.85. The number of nitrogens with one attached hydrogen (secondary N) is 1. The lowest BCUT2D eigenvalue weighted by molar-refractivity contribution is 0.0787. The minimum absolute atomic E-state index is 0. The van der Waals surface area contributed by atoms with Crippen molar-refractivity contribution >= 4 is 24.8 Å². The second-order valence-electron chi connectivity index (χ2n) is 3.93. The minimum Gasteiger partial charge on any atom is -0.385 e. The molecule has 1 aliphatic heterocycles. The molecule has 16 heavy (non-hydrogen) atoms. The van der Waals surface area contributed by atoms with Crippen molar-refractivity contribution in [2.75, 3.05) is 13.1 Å². The molecule has 0 amide bonds. The van der Waals surface area contributed by atoms with Crippen LogP contribution in [0.2, 0.25) is 0 Å². The van der Waals surface area contributed by atoms with Crippen LogP contribution in [-0.2, 0) is 7.05 Å². The summed E-state index contributed by atoms with van der Waals surface area (Å²) in [6.45, 7) is 2.01. The van der Waals surface area contributed by atoms with E-state index >= 15 is 0 Å². The van der Waals surface area contributed by atoms with Gasteiger partial charge in [0.25, 0.3) is 0 Å². The van der Waals surface area contributed by atoms with Gasteiger partial charge in [0.2, 0.25) is 0 Å². The molecule has 2 rings (SSSR count). The molecule has 0 aromatic carbocycles. The molecule has 0 aliphatic carbocycles. The summed E-state index contributed by atoms with van der Waals surface area (Å²) in [6, 6.07) is 0. The standard InChI is InChI=1S/C10H17N3O.2ClH/c1-13-7-6-12-10(13)9(14)8-2-4-11-5-3-8;;/h6-9,11,14H,2-5H2,1H3;2*1H. The van der Waals surface area contributed by atoms with E-state index in [0.29, 0.717) is 5.92 Å². The molecule has 2 heterocycles. The van der Waals surface area contributed by atoms with Crippen LogP contribution in [0.1, 0.15) is 24.8 Å². The Morgan fingerprint density at radius 3 is 2.56 bits per heavy atom. The highest BCUT2D eigenvalue weighted by Gasteiger charge is 2.25. The Bertz CT molecular complexity index is 300. The predicted molar refractivity (Wildman–Crippen MR) is 68.3 cm³/mol. The Morgan fingerprint density at radius 1 is 1.44 bits per heavy atom. The molecule has 2 N–H and O–H groups in total. The lowest BCUT2D eigenvalue weighted by Crippen LogP contribution is -2.31. The number of aliphatic hydroxyl groups is 1. The zero-order valence-electron chi connectivity index (χ0n) is 9.30. The number of imidazole rings is 1. The van der Waals surface area contributed by atoms with Crippen molar-refractivity contribution in [3.8, 4) is 0 Å². The summed E-state index contributed by atoms with van der Waals surface area (Å²) in [6.07, 6.45) is 5.28. The molecule has 4 nitrogen and oxygen atoms in total. The van der Waals surface area contributed by atoms with Crippen LogP contribution in [-0.4, -0.2) is 27.7 Å². The van der Waals surface area contributed by atoms with Crippen molar-refractivity contribution in [1.82, 2.24) is 14.9 Å². The summed E-state index contributed by atoms with van der Waals surface area (Å²) in [5.74, 6) is 1.15. The SMILES string of the molecule is Cl.Cl.Cn1ccnc1C(O)C1CCNCC1. The number of rotatable bonds is 2. The van der Waals surface area contributed by atoms with Gasteiger partial charge in [0.05, 0.1) is 0 Å². The maximum Gasteiger partial charge on any atom is 0.137 e. The van der Waals surface area contributed by atoms with Crippen LogP contribution in [0, 0.1) is 5.92 Å². The third-order valence-corrected chi connectivity index (χ3v) is 2.95. The molecule has 1 aromatic rings. The molecule has 6 heteroatoms. The third kappa shape index (κ3) is 3.35. The molecule has 0 radical (unpaired) electrons. The Morgan fingerprint density at radius 2 is 2.06 bits per heavy atom. The van der Waals surface area contributed by atoms with Crippen LogP contribution in [0.4, 0.5) is 0 Å². The van der Waals surface area contributed by atoms with E-state index in [-0.39, 0.29) is 24.8 Å². The van der Waals surface area contributed by atoms with Crippen molar-refractivity contribution in [1.29, 1.82) is 0 Å². The first-order chi connectivity index (χ1) is 6.79. The molecule has 1 saturated heterocycles. The number of aliphatic hydroxyl groups excluding tert-OH is 1. The van der Waals surface area contributed by atoms with Crippen LogP contribution < -0.4 is 5.32 Å². The number of halogens is 2. The summed E-state index contributed by atoms with van der Waals surface area (Å²) in [7, 11) is 1.92. The van der Waals surface area contributed by atoms with Crippen molar-refractivity contribution in [2.24, 2.45) is 13.0 Å². The monoisotopic (exact) mass is 267 g/mol. The van der Waals surface area contributed by atoms with E-state index in [1.165, 1.54) is 0 Å². The van der Waals surface area contributed by atoms with Gasteiger partial charge >= 0.3 is 0 Å². The average Bonchev–Trinajstić information content (AvgIpc) is 2.65. The number of piperidine rings is 1. The molecule has 1 aromatic heterocycles. The van der Waals surface area contributed by atoms with E-state index in [4.69, 9.17) is 0 Å². The zero-order chi connectivity index (χ0) is 9.97. The van der Waals surface area contributed by atoms with E-state index in [2.05, 4.69) is 10.3 Å². The van der Waals surface area contributed by atoms with Gasteiger partial charge in [0.1, 0.15) is 11.9 Å². The van der Waals surface area contributed by atoms with Crippen LogP contribution in [0.15, 0.2) is 12.4 Å². The van der Waals surface area contributed by atoms with Gasteiger partial charge in [-0.15, -0.1) is 24.8 Å². The molecular weight excluding hydrogens is 249 g/mol. The Labute approximate surface area is 108 Å². The zero-order valence-corrected chi connectivity index (χ0v) is 10.9. The molecule has 0 bridgehead atoms. The largest absolute Gasteiger partial charge is 0.385 e. The number of nitrogens with zero attached hydrogens (tertiary/aromatic N) is 2. The molecular formula is C10H19Cl2N3O. The van der Waals surface area contributed by atoms with E-state index in [1.54, 1.807) is 6.20 Å². The van der Waals surface area contributed by atoms with Crippen LogP contribution in [0.25, 0.3) is 0 Å². The molecule has 0 saturated carbocycles. The Kier molecular flexibility index (Phi) is 6.99. The Hall–Kier alpha value is -0.290. The summed E-state index contributed by atoms with van der Waals surface area (Å²) in [5, 5.41) is 13.4. The fraction of sp³-hybridized carbons (Fsp3) is 0.700. The molecule has 94 valence electrons. The molecule has 1 unspecified atom stereocenters. The molecule has 1 atom stereocenters. The van der Waals surface area contributed by atoms with Crippen molar-refractivity contribution in [2.45, 2.75) is 18.9 Å². The van der Waals surface area contributed by atoms with Crippen molar-refractivity contribution in [3.05, 3.63) is 18.2 Å².